The van der Waals surface area contributed by atoms with Gasteiger partial charge in [0.05, 0.1) is 37.7 Å². The third-order valence-electron chi connectivity index (χ3n) is 7.16. The van der Waals surface area contributed by atoms with Crippen LogP contribution in [-0.2, 0) is 0 Å². The van der Waals surface area contributed by atoms with Crippen molar-refractivity contribution in [3.63, 3.8) is 0 Å². The molecule has 4 aromatic rings. The van der Waals surface area contributed by atoms with Crippen LogP contribution in [0.15, 0.2) is 72.9 Å². The maximum absolute atomic E-state index is 5.96. The second kappa shape index (κ2) is 10.4. The summed E-state index contributed by atoms with van der Waals surface area (Å²) in [4.78, 5) is 8.94. The van der Waals surface area contributed by atoms with Crippen molar-refractivity contribution in [1.29, 1.82) is 0 Å². The van der Waals surface area contributed by atoms with Gasteiger partial charge in [-0.25, -0.2) is 0 Å². The van der Waals surface area contributed by atoms with Gasteiger partial charge < -0.3 is 29.2 Å². The van der Waals surface area contributed by atoms with Crippen molar-refractivity contribution < 1.29 is 9.47 Å². The van der Waals surface area contributed by atoms with Crippen LogP contribution in [0.2, 0.25) is 0 Å². The number of methoxy groups -OCH3 is 2. The van der Waals surface area contributed by atoms with E-state index < -0.39 is 0 Å². The number of thiocarbonyl (C=S) groups is 1. The van der Waals surface area contributed by atoms with E-state index in [1.54, 1.807) is 14.2 Å². The molecule has 0 amide bonds. The van der Waals surface area contributed by atoms with Crippen LogP contribution in [0.5, 0.6) is 11.5 Å². The number of aryl methyl sites for hydroxylation is 1. The van der Waals surface area contributed by atoms with Gasteiger partial charge in [0.2, 0.25) is 0 Å². The van der Waals surface area contributed by atoms with Crippen molar-refractivity contribution in [3.8, 4) is 17.2 Å². The molecule has 196 valence electrons. The molecule has 0 spiro atoms. The molecule has 8 heteroatoms. The minimum atomic E-state index is -0.167. The van der Waals surface area contributed by atoms with Crippen molar-refractivity contribution in [2.24, 2.45) is 0 Å². The molecular formula is C30H33N5O2S. The number of nitrogens with one attached hydrogen (secondary N) is 1. The molecule has 1 aliphatic heterocycles. The summed E-state index contributed by atoms with van der Waals surface area (Å²) in [6.45, 7) is 4.31. The number of hydrogen-bond acceptors (Lipinski definition) is 5. The minimum absolute atomic E-state index is 0.162. The first kappa shape index (κ1) is 25.6. The maximum Gasteiger partial charge on any atom is 0.174 e. The number of nitrogens with zero attached hydrogens (tertiary/aromatic N) is 4. The Morgan fingerprint density at radius 2 is 1.71 bits per heavy atom. The Bertz CT molecular complexity index is 1450. The predicted molar refractivity (Wildman–Crippen MR) is 157 cm³/mol. The first-order valence-electron chi connectivity index (χ1n) is 12.5. The van der Waals surface area contributed by atoms with E-state index in [1.807, 2.05) is 42.6 Å². The van der Waals surface area contributed by atoms with E-state index in [0.717, 1.165) is 51.2 Å². The van der Waals surface area contributed by atoms with Crippen LogP contribution >= 0.6 is 12.2 Å². The molecule has 0 unspecified atom stereocenters. The Morgan fingerprint density at radius 3 is 2.34 bits per heavy atom. The number of benzene rings is 2. The van der Waals surface area contributed by atoms with Gasteiger partial charge in [0.1, 0.15) is 11.5 Å². The van der Waals surface area contributed by atoms with Crippen LogP contribution in [0.3, 0.4) is 0 Å². The molecular weight excluding hydrogens is 494 g/mol. The SMILES string of the molecule is COc1ccc(OC)c(N2C(=S)N[C@H](c3ccccn3)[C@@H]2c2cc(C)n(-c3ccc(N(C)C)cc3)c2C)c1. The standard InChI is InChI=1S/C30H33N5O2S/c1-19-17-24(20(2)34(19)22-12-10-21(11-13-22)33(3)4)29-28(25-9-7-8-16-31-25)32-30(38)35(29)26-18-23(36-5)14-15-27(26)37-6/h7-18,28-29H,1-6H3,(H,32,38)/t28-,29+/m1/s1. The third-order valence-corrected chi connectivity index (χ3v) is 7.47. The molecule has 2 aromatic carbocycles. The summed E-state index contributed by atoms with van der Waals surface area (Å²) in [5.41, 5.74) is 7.48. The quantitative estimate of drug-likeness (QED) is 0.307. The van der Waals surface area contributed by atoms with Gasteiger partial charge in [-0.2, -0.15) is 0 Å². The molecule has 3 heterocycles. The van der Waals surface area contributed by atoms with Crippen molar-refractivity contribution in [2.75, 3.05) is 38.1 Å². The predicted octanol–water partition coefficient (Wildman–Crippen LogP) is 5.75. The summed E-state index contributed by atoms with van der Waals surface area (Å²) >= 11 is 5.96. The number of ether oxygens (including phenoxy) is 2. The maximum atomic E-state index is 5.96. The Labute approximate surface area is 229 Å². The van der Waals surface area contributed by atoms with E-state index in [0.29, 0.717) is 5.11 Å². The van der Waals surface area contributed by atoms with E-state index in [-0.39, 0.29) is 12.1 Å². The largest absolute Gasteiger partial charge is 0.497 e. The molecule has 5 rings (SSSR count). The van der Waals surface area contributed by atoms with Gasteiger partial charge in [-0.1, -0.05) is 6.07 Å². The van der Waals surface area contributed by atoms with Crippen LogP contribution in [0, 0.1) is 13.8 Å². The number of pyridine rings is 1. The van der Waals surface area contributed by atoms with Crippen molar-refractivity contribution >= 4 is 28.7 Å². The Morgan fingerprint density at radius 1 is 0.947 bits per heavy atom. The van der Waals surface area contributed by atoms with Gasteiger partial charge >= 0.3 is 0 Å². The lowest BCUT2D eigenvalue weighted by Gasteiger charge is -2.29. The summed E-state index contributed by atoms with van der Waals surface area (Å²) in [5, 5.41) is 4.16. The summed E-state index contributed by atoms with van der Waals surface area (Å²) in [7, 11) is 7.44. The van der Waals surface area contributed by atoms with E-state index in [2.05, 4.69) is 78.0 Å². The van der Waals surface area contributed by atoms with Gasteiger partial charge in [0.15, 0.2) is 5.11 Å². The van der Waals surface area contributed by atoms with Crippen LogP contribution in [0.25, 0.3) is 5.69 Å². The zero-order valence-corrected chi connectivity index (χ0v) is 23.4. The Hall–Kier alpha value is -4.04. The van der Waals surface area contributed by atoms with Crippen molar-refractivity contribution in [3.05, 3.63) is 95.6 Å². The number of aromatic nitrogens is 2. The molecule has 1 N–H and O–H groups in total. The van der Waals surface area contributed by atoms with Crippen LogP contribution in [0.4, 0.5) is 11.4 Å². The van der Waals surface area contributed by atoms with Crippen molar-refractivity contribution in [2.45, 2.75) is 25.9 Å². The summed E-state index contributed by atoms with van der Waals surface area (Å²) in [6, 6.07) is 22.3. The highest BCUT2D eigenvalue weighted by Crippen LogP contribution is 2.47. The molecule has 7 nitrogen and oxygen atoms in total. The smallest absolute Gasteiger partial charge is 0.174 e. The summed E-state index contributed by atoms with van der Waals surface area (Å²) in [6.07, 6.45) is 1.82. The highest BCUT2D eigenvalue weighted by atomic mass is 32.1. The van der Waals surface area contributed by atoms with E-state index >= 15 is 0 Å². The Kier molecular flexibility index (Phi) is 6.99. The van der Waals surface area contributed by atoms with Gasteiger partial charge in [-0.15, -0.1) is 0 Å². The molecule has 1 fully saturated rings. The van der Waals surface area contributed by atoms with Crippen molar-refractivity contribution in [1.82, 2.24) is 14.9 Å². The Balaban J connectivity index is 1.68. The lowest BCUT2D eigenvalue weighted by molar-refractivity contribution is 0.403. The van der Waals surface area contributed by atoms with Gasteiger partial charge in [-0.05, 0) is 86.2 Å². The minimum Gasteiger partial charge on any atom is -0.497 e. The second-order valence-corrected chi connectivity index (χ2v) is 9.99. The molecule has 0 saturated carbocycles. The fourth-order valence-corrected chi connectivity index (χ4v) is 5.64. The summed E-state index contributed by atoms with van der Waals surface area (Å²) in [5.74, 6) is 1.45. The number of anilines is 2. The molecule has 0 radical (unpaired) electrons. The first-order chi connectivity index (χ1) is 18.3. The molecule has 1 saturated heterocycles. The fraction of sp³-hybridized carbons (Fsp3) is 0.267. The highest BCUT2D eigenvalue weighted by molar-refractivity contribution is 7.80. The first-order valence-corrected chi connectivity index (χ1v) is 12.9. The molecule has 1 aliphatic rings. The molecule has 2 aromatic heterocycles. The molecule has 0 bridgehead atoms. The highest BCUT2D eigenvalue weighted by Gasteiger charge is 2.43. The number of hydrogen-bond donors (Lipinski definition) is 1. The lowest BCUT2D eigenvalue weighted by atomic mass is 9.96. The van der Waals surface area contributed by atoms with E-state index in [9.17, 15) is 0 Å². The molecule has 38 heavy (non-hydrogen) atoms. The topological polar surface area (TPSA) is 54.8 Å². The second-order valence-electron chi connectivity index (χ2n) is 9.61. The zero-order chi connectivity index (χ0) is 27.0. The van der Waals surface area contributed by atoms with Gasteiger partial charge in [0.25, 0.3) is 0 Å². The lowest BCUT2D eigenvalue weighted by Crippen LogP contribution is -2.30. The van der Waals surface area contributed by atoms with E-state index in [4.69, 9.17) is 26.7 Å². The van der Waals surface area contributed by atoms with Gasteiger partial charge in [-0.3, -0.25) is 4.98 Å². The monoisotopic (exact) mass is 527 g/mol. The third kappa shape index (κ3) is 4.45. The summed E-state index contributed by atoms with van der Waals surface area (Å²) < 4.78 is 13.6. The zero-order valence-electron chi connectivity index (χ0n) is 22.6. The van der Waals surface area contributed by atoms with Crippen LogP contribution in [0.1, 0.15) is 34.7 Å². The normalized spacial score (nSPS) is 16.9. The average molecular weight is 528 g/mol. The van der Waals surface area contributed by atoms with E-state index in [1.165, 1.54) is 0 Å². The van der Waals surface area contributed by atoms with Crippen LogP contribution in [-0.4, -0.2) is 43.0 Å². The van der Waals surface area contributed by atoms with Gasteiger partial charge in [0, 0.05) is 49.1 Å². The molecule has 0 aliphatic carbocycles. The molecule has 2 atom stereocenters. The van der Waals surface area contributed by atoms with Crippen LogP contribution < -0.4 is 24.6 Å². The fourth-order valence-electron chi connectivity index (χ4n) is 5.30. The number of rotatable bonds is 7. The average Bonchev–Trinajstić information content (AvgIpc) is 3.43.